The fourth-order valence-electron chi connectivity index (χ4n) is 3.82. The number of carbonyl (C=O) groups excluding carboxylic acids is 2. The zero-order chi connectivity index (χ0) is 13.1. The Bertz CT molecular complexity index is 385. The number of piperidine rings is 1. The van der Waals surface area contributed by atoms with Crippen LogP contribution < -0.4 is 0 Å². The molecule has 0 aromatic heterocycles. The molecule has 3 rings (SSSR count). The number of imide groups is 1. The summed E-state index contributed by atoms with van der Waals surface area (Å²) < 4.78 is 0. The Morgan fingerprint density at radius 1 is 1.11 bits per heavy atom. The standard InChI is InChI=1S/C14H21NO3/c1-13(2)9-10(13)12(17)15(11(9)16)8-14(18)6-4-3-5-7-14/h9-10,18H,3-8H2,1-2H3. The topological polar surface area (TPSA) is 57.6 Å². The molecule has 1 saturated heterocycles. The number of hydrogen-bond acceptors (Lipinski definition) is 3. The number of rotatable bonds is 2. The molecule has 1 heterocycles. The quantitative estimate of drug-likeness (QED) is 0.753. The molecule has 100 valence electrons. The van der Waals surface area contributed by atoms with E-state index in [0.29, 0.717) is 12.8 Å². The smallest absolute Gasteiger partial charge is 0.233 e. The summed E-state index contributed by atoms with van der Waals surface area (Å²) in [5.41, 5.74) is -0.982. The Morgan fingerprint density at radius 2 is 1.61 bits per heavy atom. The highest BCUT2D eigenvalue weighted by Crippen LogP contribution is 2.63. The highest BCUT2D eigenvalue weighted by atomic mass is 16.3. The summed E-state index contributed by atoms with van der Waals surface area (Å²) in [6, 6.07) is 0. The molecule has 0 radical (unpaired) electrons. The molecule has 18 heavy (non-hydrogen) atoms. The van der Waals surface area contributed by atoms with Gasteiger partial charge in [-0.15, -0.1) is 0 Å². The van der Waals surface area contributed by atoms with E-state index in [1.165, 1.54) is 4.90 Å². The summed E-state index contributed by atoms with van der Waals surface area (Å²) in [7, 11) is 0. The SMILES string of the molecule is CC1(C)C2C(=O)N(CC3(O)CCCCC3)C(=O)C21. The highest BCUT2D eigenvalue weighted by molar-refractivity contribution is 6.10. The number of amides is 2. The average molecular weight is 251 g/mol. The van der Waals surface area contributed by atoms with Gasteiger partial charge in [0.1, 0.15) is 0 Å². The molecule has 3 fully saturated rings. The first-order chi connectivity index (χ1) is 8.37. The lowest BCUT2D eigenvalue weighted by Gasteiger charge is -2.35. The van der Waals surface area contributed by atoms with Gasteiger partial charge < -0.3 is 5.11 Å². The third-order valence-corrected chi connectivity index (χ3v) is 5.13. The third-order valence-electron chi connectivity index (χ3n) is 5.13. The fourth-order valence-corrected chi connectivity index (χ4v) is 3.82. The number of fused-ring (bicyclic) bond motifs is 1. The molecule has 0 aromatic rings. The van der Waals surface area contributed by atoms with E-state index in [-0.39, 0.29) is 35.6 Å². The van der Waals surface area contributed by atoms with E-state index in [9.17, 15) is 14.7 Å². The summed E-state index contributed by atoms with van der Waals surface area (Å²) in [6.07, 6.45) is 4.55. The van der Waals surface area contributed by atoms with Gasteiger partial charge in [-0.2, -0.15) is 0 Å². The van der Waals surface area contributed by atoms with Crippen LogP contribution in [0.1, 0.15) is 46.0 Å². The van der Waals surface area contributed by atoms with Crippen LogP contribution in [0.4, 0.5) is 0 Å². The predicted molar refractivity (Wildman–Crippen MR) is 65.5 cm³/mol. The van der Waals surface area contributed by atoms with Crippen molar-refractivity contribution in [3.8, 4) is 0 Å². The Labute approximate surface area is 107 Å². The first-order valence-electron chi connectivity index (χ1n) is 6.94. The normalized spacial score (nSPS) is 36.7. The van der Waals surface area contributed by atoms with E-state index in [2.05, 4.69) is 0 Å². The van der Waals surface area contributed by atoms with E-state index >= 15 is 0 Å². The average Bonchev–Trinajstić information content (AvgIpc) is 2.78. The molecular formula is C14H21NO3. The first kappa shape index (κ1) is 12.2. The van der Waals surface area contributed by atoms with Gasteiger partial charge in [0, 0.05) is 0 Å². The highest BCUT2D eigenvalue weighted by Gasteiger charge is 2.72. The number of nitrogens with zero attached hydrogens (tertiary/aromatic N) is 1. The molecule has 2 amide bonds. The molecule has 3 aliphatic rings. The van der Waals surface area contributed by atoms with Crippen LogP contribution >= 0.6 is 0 Å². The number of β-amino-alcohol motifs (C(OH)–C–C–N with tert-alkyl or cyclic N) is 1. The minimum Gasteiger partial charge on any atom is -0.388 e. The van der Waals surface area contributed by atoms with Crippen molar-refractivity contribution < 1.29 is 14.7 Å². The Balaban J connectivity index is 1.72. The van der Waals surface area contributed by atoms with E-state index < -0.39 is 5.60 Å². The van der Waals surface area contributed by atoms with Gasteiger partial charge in [-0.1, -0.05) is 33.1 Å². The van der Waals surface area contributed by atoms with Crippen molar-refractivity contribution in [3.63, 3.8) is 0 Å². The maximum atomic E-state index is 12.2. The van der Waals surface area contributed by atoms with Crippen LogP contribution in [0.15, 0.2) is 0 Å². The van der Waals surface area contributed by atoms with Crippen molar-refractivity contribution in [2.45, 2.75) is 51.6 Å². The minimum absolute atomic E-state index is 0.0611. The summed E-state index contributed by atoms with van der Waals surface area (Å²) in [5, 5.41) is 10.5. The maximum absolute atomic E-state index is 12.2. The Morgan fingerprint density at radius 3 is 2.11 bits per heavy atom. The van der Waals surface area contributed by atoms with Crippen molar-refractivity contribution >= 4 is 11.8 Å². The van der Waals surface area contributed by atoms with Crippen LogP contribution in [0.3, 0.4) is 0 Å². The lowest BCUT2D eigenvalue weighted by molar-refractivity contribution is -0.148. The maximum Gasteiger partial charge on any atom is 0.233 e. The second-order valence-electron chi connectivity index (χ2n) is 6.82. The molecular weight excluding hydrogens is 230 g/mol. The number of likely N-dealkylation sites (tertiary alicyclic amines) is 1. The lowest BCUT2D eigenvalue weighted by atomic mass is 9.84. The minimum atomic E-state index is -0.829. The van der Waals surface area contributed by atoms with Crippen molar-refractivity contribution in [2.24, 2.45) is 17.3 Å². The molecule has 0 spiro atoms. The summed E-state index contributed by atoms with van der Waals surface area (Å²) in [4.78, 5) is 25.7. The molecule has 1 aliphatic heterocycles. The Hall–Kier alpha value is -0.900. The third kappa shape index (κ3) is 1.54. The zero-order valence-electron chi connectivity index (χ0n) is 11.1. The molecule has 4 heteroatoms. The zero-order valence-corrected chi connectivity index (χ0v) is 11.1. The van der Waals surface area contributed by atoms with Gasteiger partial charge in [0.15, 0.2) is 0 Å². The van der Waals surface area contributed by atoms with Gasteiger partial charge in [-0.25, -0.2) is 0 Å². The largest absolute Gasteiger partial charge is 0.388 e. The van der Waals surface area contributed by atoms with Crippen molar-refractivity contribution in [3.05, 3.63) is 0 Å². The van der Waals surface area contributed by atoms with E-state index in [1.54, 1.807) is 0 Å². The van der Waals surface area contributed by atoms with E-state index in [4.69, 9.17) is 0 Å². The van der Waals surface area contributed by atoms with Crippen LogP contribution in [-0.4, -0.2) is 34.0 Å². The van der Waals surface area contributed by atoms with Gasteiger partial charge in [-0.3, -0.25) is 14.5 Å². The summed E-state index contributed by atoms with van der Waals surface area (Å²) in [5.74, 6) is -0.377. The molecule has 0 aromatic carbocycles. The summed E-state index contributed by atoms with van der Waals surface area (Å²) in [6.45, 7) is 4.17. The molecule has 2 atom stereocenters. The molecule has 1 N–H and O–H groups in total. The van der Waals surface area contributed by atoms with Crippen LogP contribution in [0.2, 0.25) is 0 Å². The van der Waals surface area contributed by atoms with Gasteiger partial charge >= 0.3 is 0 Å². The van der Waals surface area contributed by atoms with Crippen LogP contribution in [0.25, 0.3) is 0 Å². The second-order valence-corrected chi connectivity index (χ2v) is 6.82. The van der Waals surface area contributed by atoms with E-state index in [0.717, 1.165) is 19.3 Å². The molecule has 2 saturated carbocycles. The number of aliphatic hydroxyl groups is 1. The van der Waals surface area contributed by atoms with Crippen LogP contribution in [-0.2, 0) is 9.59 Å². The molecule has 2 aliphatic carbocycles. The van der Waals surface area contributed by atoms with Gasteiger partial charge in [0.25, 0.3) is 0 Å². The van der Waals surface area contributed by atoms with Crippen molar-refractivity contribution in [1.29, 1.82) is 0 Å². The Kier molecular flexibility index (Phi) is 2.40. The second kappa shape index (κ2) is 3.56. The molecule has 0 bridgehead atoms. The fraction of sp³-hybridized carbons (Fsp3) is 0.857. The lowest BCUT2D eigenvalue weighted by Crippen LogP contribution is -2.48. The monoisotopic (exact) mass is 251 g/mol. The summed E-state index contributed by atoms with van der Waals surface area (Å²) >= 11 is 0. The number of carbonyl (C=O) groups is 2. The van der Waals surface area contributed by atoms with Crippen molar-refractivity contribution in [1.82, 2.24) is 4.90 Å². The van der Waals surface area contributed by atoms with Crippen LogP contribution in [0, 0.1) is 17.3 Å². The van der Waals surface area contributed by atoms with Gasteiger partial charge in [-0.05, 0) is 18.3 Å². The van der Waals surface area contributed by atoms with Crippen LogP contribution in [0.5, 0.6) is 0 Å². The molecule has 4 nitrogen and oxygen atoms in total. The van der Waals surface area contributed by atoms with Crippen molar-refractivity contribution in [2.75, 3.05) is 6.54 Å². The number of hydrogen-bond donors (Lipinski definition) is 1. The van der Waals surface area contributed by atoms with Gasteiger partial charge in [0.05, 0.1) is 24.0 Å². The predicted octanol–water partition coefficient (Wildman–Crippen LogP) is 1.32. The molecule has 2 unspecified atom stereocenters. The van der Waals surface area contributed by atoms with E-state index in [1.807, 2.05) is 13.8 Å². The first-order valence-corrected chi connectivity index (χ1v) is 6.94. The van der Waals surface area contributed by atoms with Gasteiger partial charge in [0.2, 0.25) is 11.8 Å².